The number of halogens is 1. The van der Waals surface area contributed by atoms with E-state index in [4.69, 9.17) is 9.47 Å². The van der Waals surface area contributed by atoms with E-state index < -0.39 is 5.31 Å². The van der Waals surface area contributed by atoms with Crippen LogP contribution in [0.1, 0.15) is 155 Å². The van der Waals surface area contributed by atoms with Crippen molar-refractivity contribution in [2.45, 2.75) is 149 Å². The van der Waals surface area contributed by atoms with Gasteiger partial charge >= 0.3 is 240 Å². The molecule has 0 unspecified atom stereocenters. The first-order chi connectivity index (χ1) is 19.2. The molecule has 1 rings (SSSR count). The fourth-order valence-electron chi connectivity index (χ4n) is 5.12. The summed E-state index contributed by atoms with van der Waals surface area (Å²) < 4.78 is 13.3. The Labute approximate surface area is 258 Å². The van der Waals surface area contributed by atoms with Gasteiger partial charge in [0.2, 0.25) is 0 Å². The van der Waals surface area contributed by atoms with E-state index >= 15 is 0 Å². The average molecular weight is 642 g/mol. The van der Waals surface area contributed by atoms with Crippen molar-refractivity contribution >= 4 is 32.2 Å². The molecule has 0 aliphatic rings. The van der Waals surface area contributed by atoms with Gasteiger partial charge in [-0.25, -0.2) is 0 Å². The SMILES string of the molecule is CCCCCCCCCC=Cc1ccc(P(C)(C)(C)Br)c(OCCCCCCCC)c1OCCCCCCCC. The molecule has 0 saturated heterocycles. The number of rotatable bonds is 26. The Balaban J connectivity index is 2.99. The molecule has 0 fully saturated rings. The Kier molecular flexibility index (Phi) is 20.7. The van der Waals surface area contributed by atoms with Crippen LogP contribution >= 0.6 is 20.8 Å². The summed E-state index contributed by atoms with van der Waals surface area (Å²) in [6.45, 7) is 15.4. The van der Waals surface area contributed by atoms with E-state index in [1.165, 1.54) is 120 Å². The van der Waals surface area contributed by atoms with Gasteiger partial charge in [0.05, 0.1) is 0 Å². The minimum absolute atomic E-state index is 0.761. The maximum atomic E-state index is 6.65. The maximum absolute atomic E-state index is 6.65. The van der Waals surface area contributed by atoms with Crippen LogP contribution in [0, 0.1) is 0 Å². The van der Waals surface area contributed by atoms with Crippen LogP contribution < -0.4 is 14.8 Å². The quantitative estimate of drug-likeness (QED) is 0.0740. The second-order valence-electron chi connectivity index (χ2n) is 13.0. The standard InChI is InChI=1S/C36H66BrO2P/c1-7-10-13-16-19-20-21-22-25-28-33-29-30-34(40(4,5,6)37)36(39-32-27-24-18-15-12-9-3)35(33)38-31-26-23-17-14-11-8-2/h25,28-30H,7-24,26-27,31-32H2,1-6H3. The average Bonchev–Trinajstić information content (AvgIpc) is 2.90. The van der Waals surface area contributed by atoms with Crippen LogP contribution in [0.2, 0.25) is 0 Å². The van der Waals surface area contributed by atoms with Gasteiger partial charge in [-0.05, 0) is 0 Å². The molecule has 4 heteroatoms. The first-order valence-corrected chi connectivity index (χ1v) is 22.6. The molecule has 0 aliphatic heterocycles. The molecular formula is C36H66BrO2P. The van der Waals surface area contributed by atoms with E-state index in [-0.39, 0.29) is 0 Å². The van der Waals surface area contributed by atoms with Crippen LogP contribution in [0.4, 0.5) is 0 Å². The second kappa shape index (κ2) is 22.1. The molecule has 0 aromatic heterocycles. The van der Waals surface area contributed by atoms with Crippen molar-refractivity contribution in [2.24, 2.45) is 0 Å². The molecule has 0 bridgehead atoms. The molecule has 0 spiro atoms. The fourth-order valence-corrected chi connectivity index (χ4v) is 7.39. The Morgan fingerprint density at radius 3 is 1.48 bits per heavy atom. The molecule has 40 heavy (non-hydrogen) atoms. The van der Waals surface area contributed by atoms with Gasteiger partial charge in [-0.1, -0.05) is 19.8 Å². The molecule has 0 aliphatic carbocycles. The van der Waals surface area contributed by atoms with E-state index in [2.05, 4.69) is 80.5 Å². The van der Waals surface area contributed by atoms with E-state index in [9.17, 15) is 0 Å². The molecule has 234 valence electrons. The summed E-state index contributed by atoms with van der Waals surface area (Å²) in [6.07, 6.45) is 30.5. The van der Waals surface area contributed by atoms with Crippen molar-refractivity contribution in [3.63, 3.8) is 0 Å². The summed E-state index contributed by atoms with van der Waals surface area (Å²) in [5.74, 6) is 1.95. The van der Waals surface area contributed by atoms with Crippen LogP contribution in [-0.4, -0.2) is 33.2 Å². The number of allylic oxidation sites excluding steroid dienone is 1. The first kappa shape index (κ1) is 37.5. The molecule has 0 N–H and O–H groups in total. The van der Waals surface area contributed by atoms with Gasteiger partial charge in [-0.3, -0.25) is 0 Å². The van der Waals surface area contributed by atoms with Crippen LogP contribution in [0.5, 0.6) is 11.5 Å². The van der Waals surface area contributed by atoms with Crippen molar-refractivity contribution in [3.8, 4) is 11.5 Å². The number of benzene rings is 1. The van der Waals surface area contributed by atoms with Crippen molar-refractivity contribution in [3.05, 3.63) is 23.8 Å². The second-order valence-corrected chi connectivity index (χ2v) is 26.1. The fraction of sp³-hybridized carbons (Fsp3) is 0.778. The Hall–Kier alpha value is -0.530. The van der Waals surface area contributed by atoms with Gasteiger partial charge < -0.3 is 0 Å². The van der Waals surface area contributed by atoms with Gasteiger partial charge in [0.25, 0.3) is 0 Å². The molecular weight excluding hydrogens is 575 g/mol. The van der Waals surface area contributed by atoms with Crippen LogP contribution in [0.25, 0.3) is 6.08 Å². The third-order valence-electron chi connectivity index (χ3n) is 7.70. The zero-order valence-electron chi connectivity index (χ0n) is 27.5. The van der Waals surface area contributed by atoms with Gasteiger partial charge in [0.15, 0.2) is 0 Å². The monoisotopic (exact) mass is 640 g/mol. The van der Waals surface area contributed by atoms with Crippen molar-refractivity contribution in [2.75, 3.05) is 33.2 Å². The van der Waals surface area contributed by atoms with E-state index in [1.54, 1.807) is 0 Å². The predicted octanol–water partition coefficient (Wildman–Crippen LogP) is 12.7. The summed E-state index contributed by atoms with van der Waals surface area (Å²) >= 11 is 4.15. The van der Waals surface area contributed by atoms with Crippen molar-refractivity contribution in [1.29, 1.82) is 0 Å². The van der Waals surface area contributed by atoms with Crippen molar-refractivity contribution in [1.82, 2.24) is 0 Å². The summed E-state index contributed by atoms with van der Waals surface area (Å²) in [7, 11) is 0. The predicted molar refractivity (Wildman–Crippen MR) is 189 cm³/mol. The zero-order valence-corrected chi connectivity index (χ0v) is 30.0. The summed E-state index contributed by atoms with van der Waals surface area (Å²) in [6, 6.07) is 4.57. The van der Waals surface area contributed by atoms with E-state index in [0.29, 0.717) is 0 Å². The number of ether oxygens (including phenoxy) is 2. The van der Waals surface area contributed by atoms with Gasteiger partial charge in [-0.15, -0.1) is 0 Å². The minimum atomic E-state index is -2.25. The molecule has 0 heterocycles. The summed E-state index contributed by atoms with van der Waals surface area (Å²) in [5.41, 5.74) is 1.17. The van der Waals surface area contributed by atoms with E-state index in [0.717, 1.165) is 44.0 Å². The summed E-state index contributed by atoms with van der Waals surface area (Å²) in [4.78, 5) is 0. The van der Waals surface area contributed by atoms with Gasteiger partial charge in [0, 0.05) is 0 Å². The Bertz CT molecular complexity index is 787. The summed E-state index contributed by atoms with van der Waals surface area (Å²) in [5, 5.41) is -0.958. The normalized spacial score (nSPS) is 13.0. The molecule has 0 saturated carbocycles. The Morgan fingerprint density at radius 1 is 0.575 bits per heavy atom. The van der Waals surface area contributed by atoms with E-state index in [1.807, 2.05) is 0 Å². The number of unbranched alkanes of at least 4 members (excludes halogenated alkanes) is 17. The van der Waals surface area contributed by atoms with Gasteiger partial charge in [-0.2, -0.15) is 0 Å². The topological polar surface area (TPSA) is 18.5 Å². The van der Waals surface area contributed by atoms with Gasteiger partial charge in [0.1, 0.15) is 0 Å². The van der Waals surface area contributed by atoms with Crippen LogP contribution in [0.3, 0.4) is 0 Å². The zero-order chi connectivity index (χ0) is 29.6. The Morgan fingerprint density at radius 2 is 1.00 bits per heavy atom. The first-order valence-electron chi connectivity index (χ1n) is 17.0. The number of hydrogen-bond donors (Lipinski definition) is 0. The molecule has 0 radical (unpaired) electrons. The van der Waals surface area contributed by atoms with Crippen LogP contribution in [-0.2, 0) is 0 Å². The third kappa shape index (κ3) is 17.4. The van der Waals surface area contributed by atoms with Crippen molar-refractivity contribution < 1.29 is 9.47 Å². The molecule has 1 aromatic rings. The molecule has 2 nitrogen and oxygen atoms in total. The number of hydrogen-bond acceptors (Lipinski definition) is 2. The van der Waals surface area contributed by atoms with Crippen LogP contribution in [0.15, 0.2) is 18.2 Å². The molecule has 0 atom stereocenters. The molecule has 1 aromatic carbocycles. The molecule has 0 amide bonds. The third-order valence-corrected chi connectivity index (χ3v) is 10.8.